The largest absolute Gasteiger partial charge is 0.324 e. The van der Waals surface area contributed by atoms with Gasteiger partial charge < -0.3 is 5.32 Å². The summed E-state index contributed by atoms with van der Waals surface area (Å²) in [5.74, 6) is -0.849. The first-order valence-electron chi connectivity index (χ1n) is 8.40. The Morgan fingerprint density at radius 1 is 1.07 bits per heavy atom. The maximum absolute atomic E-state index is 13.0. The van der Waals surface area contributed by atoms with Crippen LogP contribution in [0.2, 0.25) is 20.1 Å². The molecule has 0 spiro atoms. The average Bonchev–Trinajstić information content (AvgIpc) is 2.67. The molecule has 0 saturated carbocycles. The van der Waals surface area contributed by atoms with Gasteiger partial charge in [0.15, 0.2) is 0 Å². The third-order valence-corrected chi connectivity index (χ3v) is 7.88. The van der Waals surface area contributed by atoms with Gasteiger partial charge in [-0.1, -0.05) is 52.5 Å². The molecule has 1 amide bonds. The van der Waals surface area contributed by atoms with Gasteiger partial charge in [-0.15, -0.1) is 0 Å². The highest BCUT2D eigenvalue weighted by molar-refractivity contribution is 7.89. The number of piperidine rings is 1. The minimum Gasteiger partial charge on any atom is -0.324 e. The molecule has 3 rings (SSSR count). The summed E-state index contributed by atoms with van der Waals surface area (Å²) in [7, 11) is -3.88. The SMILES string of the molecule is O=C(Nc1cccc(Cl)c1Cl)[C@@H]1CCCN(S(=O)(=O)c2cc(Cl)ccc2Cl)C1. The van der Waals surface area contributed by atoms with Crippen molar-refractivity contribution in [2.75, 3.05) is 18.4 Å². The minimum atomic E-state index is -3.88. The van der Waals surface area contributed by atoms with Gasteiger partial charge in [0.1, 0.15) is 4.90 Å². The van der Waals surface area contributed by atoms with Crippen LogP contribution in [0.5, 0.6) is 0 Å². The monoisotopic (exact) mass is 480 g/mol. The Hall–Kier alpha value is -1.02. The number of hydrogen-bond acceptors (Lipinski definition) is 3. The molecular weight excluding hydrogens is 466 g/mol. The van der Waals surface area contributed by atoms with Crippen molar-refractivity contribution in [2.45, 2.75) is 17.7 Å². The molecule has 1 heterocycles. The first-order chi connectivity index (χ1) is 13.2. The highest BCUT2D eigenvalue weighted by Gasteiger charge is 2.34. The second-order valence-electron chi connectivity index (χ2n) is 6.37. The lowest BCUT2D eigenvalue weighted by atomic mass is 9.99. The van der Waals surface area contributed by atoms with E-state index in [1.165, 1.54) is 22.5 Å². The number of carbonyl (C=O) groups is 1. The van der Waals surface area contributed by atoms with Gasteiger partial charge in [0.05, 0.1) is 26.7 Å². The molecule has 2 aromatic rings. The predicted octanol–water partition coefficient (Wildman–Crippen LogP) is 5.34. The molecule has 0 bridgehead atoms. The lowest BCUT2D eigenvalue weighted by molar-refractivity contribution is -0.120. The van der Waals surface area contributed by atoms with E-state index in [0.29, 0.717) is 30.1 Å². The first kappa shape index (κ1) is 21.7. The molecule has 28 heavy (non-hydrogen) atoms. The number of nitrogens with zero attached hydrogens (tertiary/aromatic N) is 1. The van der Waals surface area contributed by atoms with Crippen molar-refractivity contribution in [1.82, 2.24) is 4.31 Å². The van der Waals surface area contributed by atoms with Crippen LogP contribution in [0.4, 0.5) is 5.69 Å². The normalized spacial score (nSPS) is 18.1. The molecule has 0 aliphatic carbocycles. The highest BCUT2D eigenvalue weighted by atomic mass is 35.5. The van der Waals surface area contributed by atoms with Crippen LogP contribution in [0.15, 0.2) is 41.3 Å². The molecule has 1 N–H and O–H groups in total. The molecule has 1 saturated heterocycles. The second kappa shape index (κ2) is 8.78. The number of carbonyl (C=O) groups excluding carboxylic acids is 1. The van der Waals surface area contributed by atoms with Gasteiger partial charge in [0.2, 0.25) is 15.9 Å². The standard InChI is InChI=1S/C18H16Cl4N2O3S/c19-12-6-7-13(20)16(9-12)28(26,27)24-8-2-3-11(10-24)18(25)23-15-5-1-4-14(21)17(15)22/h1,4-7,9,11H,2-3,8,10H2,(H,23,25)/t11-/m1/s1. The molecule has 1 aliphatic heterocycles. The predicted molar refractivity (Wildman–Crippen MR) is 113 cm³/mol. The summed E-state index contributed by atoms with van der Waals surface area (Å²) in [5.41, 5.74) is 0.386. The topological polar surface area (TPSA) is 66.5 Å². The Morgan fingerprint density at radius 2 is 1.82 bits per heavy atom. The number of sulfonamides is 1. The molecule has 10 heteroatoms. The van der Waals surface area contributed by atoms with Gasteiger partial charge in [-0.25, -0.2) is 8.42 Å². The molecular formula is C18H16Cl4N2O3S. The van der Waals surface area contributed by atoms with E-state index in [0.717, 1.165) is 0 Å². The van der Waals surface area contributed by atoms with Gasteiger partial charge in [0.25, 0.3) is 0 Å². The zero-order valence-corrected chi connectivity index (χ0v) is 18.3. The number of anilines is 1. The fraction of sp³-hybridized carbons (Fsp3) is 0.278. The van der Waals surface area contributed by atoms with Gasteiger partial charge in [-0.3, -0.25) is 4.79 Å². The number of nitrogens with one attached hydrogen (secondary N) is 1. The maximum Gasteiger partial charge on any atom is 0.244 e. The van der Waals surface area contributed by atoms with Crippen LogP contribution in [0.3, 0.4) is 0 Å². The van der Waals surface area contributed by atoms with Crippen LogP contribution in [0.25, 0.3) is 0 Å². The Balaban J connectivity index is 1.79. The number of amides is 1. The number of halogens is 4. The molecule has 5 nitrogen and oxygen atoms in total. The average molecular weight is 482 g/mol. The van der Waals surface area contributed by atoms with Crippen molar-refractivity contribution in [3.05, 3.63) is 56.5 Å². The van der Waals surface area contributed by atoms with Crippen LogP contribution in [-0.4, -0.2) is 31.7 Å². The summed E-state index contributed by atoms with van der Waals surface area (Å²) in [6.45, 7) is 0.335. The molecule has 0 radical (unpaired) electrons. The molecule has 0 unspecified atom stereocenters. The van der Waals surface area contributed by atoms with E-state index in [9.17, 15) is 13.2 Å². The Bertz CT molecular complexity index is 1010. The Morgan fingerprint density at radius 3 is 2.57 bits per heavy atom. The van der Waals surface area contributed by atoms with Crippen LogP contribution in [0, 0.1) is 5.92 Å². The number of benzene rings is 2. The van der Waals surface area contributed by atoms with Crippen LogP contribution >= 0.6 is 46.4 Å². The lowest BCUT2D eigenvalue weighted by Crippen LogP contribution is -2.43. The van der Waals surface area contributed by atoms with Crippen LogP contribution in [-0.2, 0) is 14.8 Å². The summed E-state index contributed by atoms with van der Waals surface area (Å²) in [6, 6.07) is 9.19. The van der Waals surface area contributed by atoms with Gasteiger partial charge in [-0.2, -0.15) is 4.31 Å². The van der Waals surface area contributed by atoms with Crippen molar-refractivity contribution in [3.63, 3.8) is 0 Å². The van der Waals surface area contributed by atoms with Crippen molar-refractivity contribution in [1.29, 1.82) is 0 Å². The zero-order chi connectivity index (χ0) is 20.5. The van der Waals surface area contributed by atoms with Crippen molar-refractivity contribution in [3.8, 4) is 0 Å². The fourth-order valence-corrected chi connectivity index (χ4v) is 5.63. The fourth-order valence-electron chi connectivity index (χ4n) is 3.02. The van der Waals surface area contributed by atoms with E-state index >= 15 is 0 Å². The van der Waals surface area contributed by atoms with E-state index < -0.39 is 15.9 Å². The Labute approximate surface area is 183 Å². The van der Waals surface area contributed by atoms with Crippen molar-refractivity contribution >= 4 is 68.0 Å². The highest BCUT2D eigenvalue weighted by Crippen LogP contribution is 2.32. The third kappa shape index (κ3) is 4.58. The summed E-state index contributed by atoms with van der Waals surface area (Å²) < 4.78 is 27.3. The van der Waals surface area contributed by atoms with E-state index in [1.54, 1.807) is 18.2 Å². The zero-order valence-electron chi connectivity index (χ0n) is 14.5. The van der Waals surface area contributed by atoms with Crippen LogP contribution < -0.4 is 5.32 Å². The minimum absolute atomic E-state index is 0.0369. The summed E-state index contributed by atoms with van der Waals surface area (Å²) >= 11 is 24.1. The molecule has 1 fully saturated rings. The summed E-state index contributed by atoms with van der Waals surface area (Å²) in [5, 5.41) is 3.64. The van der Waals surface area contributed by atoms with E-state index in [1.807, 2.05) is 0 Å². The quantitative estimate of drug-likeness (QED) is 0.640. The van der Waals surface area contributed by atoms with E-state index in [-0.39, 0.29) is 32.4 Å². The number of hydrogen-bond donors (Lipinski definition) is 1. The Kier molecular flexibility index (Phi) is 6.80. The maximum atomic E-state index is 13.0. The lowest BCUT2D eigenvalue weighted by Gasteiger charge is -2.31. The van der Waals surface area contributed by atoms with Crippen molar-refractivity contribution < 1.29 is 13.2 Å². The third-order valence-electron chi connectivity index (χ3n) is 4.48. The molecule has 2 aromatic carbocycles. The van der Waals surface area contributed by atoms with Gasteiger partial charge in [-0.05, 0) is 43.2 Å². The van der Waals surface area contributed by atoms with Gasteiger partial charge >= 0.3 is 0 Å². The smallest absolute Gasteiger partial charge is 0.244 e. The van der Waals surface area contributed by atoms with Crippen LogP contribution in [0.1, 0.15) is 12.8 Å². The molecule has 150 valence electrons. The van der Waals surface area contributed by atoms with Crippen molar-refractivity contribution in [2.24, 2.45) is 5.92 Å². The van der Waals surface area contributed by atoms with Gasteiger partial charge in [0, 0.05) is 18.1 Å². The molecule has 1 aliphatic rings. The summed E-state index contributed by atoms with van der Waals surface area (Å²) in [6.07, 6.45) is 1.10. The number of rotatable bonds is 4. The molecule has 0 aromatic heterocycles. The summed E-state index contributed by atoms with van der Waals surface area (Å²) in [4.78, 5) is 12.6. The molecule has 1 atom stereocenters. The van der Waals surface area contributed by atoms with E-state index in [2.05, 4.69) is 5.32 Å². The van der Waals surface area contributed by atoms with E-state index in [4.69, 9.17) is 46.4 Å². The first-order valence-corrected chi connectivity index (χ1v) is 11.4. The second-order valence-corrected chi connectivity index (χ2v) is 9.90.